The zero-order valence-corrected chi connectivity index (χ0v) is 17.2. The maximum Gasteiger partial charge on any atom is 0.191 e. The molecular formula is C24H29N5. The van der Waals surface area contributed by atoms with Crippen molar-refractivity contribution in [1.29, 1.82) is 0 Å². The summed E-state index contributed by atoms with van der Waals surface area (Å²) in [5.74, 6) is 1.65. The van der Waals surface area contributed by atoms with Crippen LogP contribution in [0.15, 0.2) is 72.2 Å². The zero-order chi connectivity index (χ0) is 20.1. The number of imidazole rings is 1. The Kier molecular flexibility index (Phi) is 5.94. The van der Waals surface area contributed by atoms with Gasteiger partial charge in [-0.1, -0.05) is 55.5 Å². The van der Waals surface area contributed by atoms with Crippen molar-refractivity contribution in [2.45, 2.75) is 39.4 Å². The number of guanidine groups is 1. The van der Waals surface area contributed by atoms with Gasteiger partial charge in [-0.25, -0.2) is 9.98 Å². The van der Waals surface area contributed by atoms with Crippen molar-refractivity contribution in [2.24, 2.45) is 10.9 Å². The van der Waals surface area contributed by atoms with Gasteiger partial charge in [0.25, 0.3) is 0 Å². The van der Waals surface area contributed by atoms with Gasteiger partial charge in [0, 0.05) is 31.5 Å². The predicted octanol–water partition coefficient (Wildman–Crippen LogP) is 4.06. The predicted molar refractivity (Wildman–Crippen MR) is 119 cm³/mol. The Hall–Kier alpha value is -3.08. The zero-order valence-electron chi connectivity index (χ0n) is 17.2. The molecule has 4 rings (SSSR count). The molecule has 5 heteroatoms. The average Bonchev–Trinajstić information content (AvgIpc) is 3.20. The molecule has 0 bridgehead atoms. The van der Waals surface area contributed by atoms with Gasteiger partial charge in [-0.3, -0.25) is 0 Å². The van der Waals surface area contributed by atoms with Gasteiger partial charge in [-0.05, 0) is 41.5 Å². The molecule has 5 nitrogen and oxygen atoms in total. The second-order valence-electron chi connectivity index (χ2n) is 7.75. The molecule has 1 fully saturated rings. The summed E-state index contributed by atoms with van der Waals surface area (Å²) in [6, 6.07) is 17.9. The van der Waals surface area contributed by atoms with E-state index in [1.54, 1.807) is 0 Å². The molecule has 0 saturated heterocycles. The molecule has 2 unspecified atom stereocenters. The molecule has 150 valence electrons. The van der Waals surface area contributed by atoms with E-state index in [-0.39, 0.29) is 0 Å². The summed E-state index contributed by atoms with van der Waals surface area (Å²) in [5.41, 5.74) is 4.95. The van der Waals surface area contributed by atoms with Gasteiger partial charge in [-0.15, -0.1) is 0 Å². The monoisotopic (exact) mass is 387 g/mol. The number of hydrogen-bond acceptors (Lipinski definition) is 2. The van der Waals surface area contributed by atoms with Crippen molar-refractivity contribution in [3.05, 3.63) is 78.4 Å². The van der Waals surface area contributed by atoms with Crippen LogP contribution in [0.4, 0.5) is 0 Å². The third kappa shape index (κ3) is 5.05. The Morgan fingerprint density at radius 1 is 1.17 bits per heavy atom. The number of aromatic nitrogens is 2. The van der Waals surface area contributed by atoms with E-state index in [1.807, 2.05) is 18.7 Å². The molecule has 2 N–H and O–H groups in total. The Morgan fingerprint density at radius 2 is 1.97 bits per heavy atom. The van der Waals surface area contributed by atoms with Crippen LogP contribution in [-0.2, 0) is 13.1 Å². The largest absolute Gasteiger partial charge is 0.357 e. The van der Waals surface area contributed by atoms with E-state index >= 15 is 0 Å². The first-order valence-corrected chi connectivity index (χ1v) is 10.4. The van der Waals surface area contributed by atoms with Gasteiger partial charge < -0.3 is 15.2 Å². The highest BCUT2D eigenvalue weighted by molar-refractivity contribution is 5.80. The van der Waals surface area contributed by atoms with E-state index in [2.05, 4.69) is 82.6 Å². The van der Waals surface area contributed by atoms with Crippen LogP contribution in [0.25, 0.3) is 11.1 Å². The van der Waals surface area contributed by atoms with Crippen molar-refractivity contribution < 1.29 is 0 Å². The molecule has 1 aromatic heterocycles. The van der Waals surface area contributed by atoms with Gasteiger partial charge in [0.2, 0.25) is 0 Å². The molecule has 0 amide bonds. The molecule has 2 aromatic carbocycles. The van der Waals surface area contributed by atoms with Gasteiger partial charge >= 0.3 is 0 Å². The molecule has 1 aliphatic carbocycles. The standard InChI is InChI=1S/C24H29N5/c1-3-26-24(28-23-14-18(23)2)27-15-21-6-4-5-7-22(21)20-10-8-19(9-11-20)16-29-13-12-25-17-29/h4-13,17-18,23H,3,14-16H2,1-2H3,(H2,26,27,28). The first kappa shape index (κ1) is 19.2. The number of aliphatic imine (C=N–C) groups is 1. The number of hydrogen-bond donors (Lipinski definition) is 2. The van der Waals surface area contributed by atoms with Gasteiger partial charge in [0.15, 0.2) is 5.96 Å². The second kappa shape index (κ2) is 8.95. The summed E-state index contributed by atoms with van der Waals surface area (Å²) in [6.07, 6.45) is 6.87. The first-order valence-electron chi connectivity index (χ1n) is 10.4. The van der Waals surface area contributed by atoms with Crippen LogP contribution in [0.5, 0.6) is 0 Å². The quantitative estimate of drug-likeness (QED) is 0.475. The second-order valence-corrected chi connectivity index (χ2v) is 7.75. The molecule has 29 heavy (non-hydrogen) atoms. The lowest BCUT2D eigenvalue weighted by Crippen LogP contribution is -2.39. The Balaban J connectivity index is 1.49. The number of rotatable bonds is 7. The van der Waals surface area contributed by atoms with Crippen molar-refractivity contribution in [1.82, 2.24) is 20.2 Å². The Bertz CT molecular complexity index is 944. The highest BCUT2D eigenvalue weighted by atomic mass is 15.2. The van der Waals surface area contributed by atoms with E-state index in [0.29, 0.717) is 12.6 Å². The van der Waals surface area contributed by atoms with Crippen molar-refractivity contribution >= 4 is 5.96 Å². The topological polar surface area (TPSA) is 54.2 Å². The molecule has 3 aromatic rings. The van der Waals surface area contributed by atoms with E-state index in [0.717, 1.165) is 25.0 Å². The van der Waals surface area contributed by atoms with Crippen molar-refractivity contribution in [2.75, 3.05) is 6.54 Å². The Labute approximate surface area is 172 Å². The van der Waals surface area contributed by atoms with Crippen LogP contribution in [0, 0.1) is 5.92 Å². The third-order valence-electron chi connectivity index (χ3n) is 5.39. The molecule has 0 spiro atoms. The summed E-state index contributed by atoms with van der Waals surface area (Å²) < 4.78 is 2.08. The number of nitrogens with zero attached hydrogens (tertiary/aromatic N) is 3. The van der Waals surface area contributed by atoms with Crippen LogP contribution >= 0.6 is 0 Å². The SMILES string of the molecule is CCNC(=NCc1ccccc1-c1ccc(Cn2ccnc2)cc1)NC1CC1C. The smallest absolute Gasteiger partial charge is 0.191 e. The average molecular weight is 388 g/mol. The van der Waals surface area contributed by atoms with Crippen LogP contribution < -0.4 is 10.6 Å². The molecule has 1 aliphatic rings. The van der Waals surface area contributed by atoms with Gasteiger partial charge in [0.1, 0.15) is 0 Å². The van der Waals surface area contributed by atoms with Crippen molar-refractivity contribution in [3.63, 3.8) is 0 Å². The van der Waals surface area contributed by atoms with E-state index < -0.39 is 0 Å². The van der Waals surface area contributed by atoms with Gasteiger partial charge in [0.05, 0.1) is 12.9 Å². The van der Waals surface area contributed by atoms with Crippen molar-refractivity contribution in [3.8, 4) is 11.1 Å². The fourth-order valence-electron chi connectivity index (χ4n) is 3.50. The summed E-state index contributed by atoms with van der Waals surface area (Å²) >= 11 is 0. The molecule has 0 aliphatic heterocycles. The molecule has 1 saturated carbocycles. The number of benzene rings is 2. The van der Waals surface area contributed by atoms with E-state index in [4.69, 9.17) is 4.99 Å². The van der Waals surface area contributed by atoms with Crippen LogP contribution in [0.3, 0.4) is 0 Å². The lowest BCUT2D eigenvalue weighted by atomic mass is 9.98. The number of nitrogens with one attached hydrogen (secondary N) is 2. The minimum absolute atomic E-state index is 0.561. The lowest BCUT2D eigenvalue weighted by Gasteiger charge is -2.13. The maximum atomic E-state index is 4.84. The van der Waals surface area contributed by atoms with E-state index in [1.165, 1.54) is 28.7 Å². The van der Waals surface area contributed by atoms with Crippen LogP contribution in [0.2, 0.25) is 0 Å². The van der Waals surface area contributed by atoms with Gasteiger partial charge in [-0.2, -0.15) is 0 Å². The lowest BCUT2D eigenvalue weighted by molar-refractivity contribution is 0.766. The fraction of sp³-hybridized carbons (Fsp3) is 0.333. The third-order valence-corrected chi connectivity index (χ3v) is 5.39. The van der Waals surface area contributed by atoms with E-state index in [9.17, 15) is 0 Å². The minimum Gasteiger partial charge on any atom is -0.357 e. The summed E-state index contributed by atoms with van der Waals surface area (Å²) in [4.78, 5) is 8.95. The van der Waals surface area contributed by atoms with Crippen LogP contribution in [-0.4, -0.2) is 28.1 Å². The normalized spacial score (nSPS) is 18.5. The summed E-state index contributed by atoms with van der Waals surface area (Å²) in [5, 5.41) is 6.89. The maximum absolute atomic E-state index is 4.84. The highest BCUT2D eigenvalue weighted by Gasteiger charge is 2.33. The molecule has 2 atom stereocenters. The first-order chi connectivity index (χ1) is 14.2. The Morgan fingerprint density at radius 3 is 2.66 bits per heavy atom. The molecule has 0 radical (unpaired) electrons. The van der Waals surface area contributed by atoms with Crippen LogP contribution in [0.1, 0.15) is 31.4 Å². The minimum atomic E-state index is 0.561. The molecule has 1 heterocycles. The highest BCUT2D eigenvalue weighted by Crippen LogP contribution is 2.29. The summed E-state index contributed by atoms with van der Waals surface area (Å²) in [6.45, 7) is 6.74. The fourth-order valence-corrected chi connectivity index (χ4v) is 3.50. The summed E-state index contributed by atoms with van der Waals surface area (Å²) in [7, 11) is 0. The molecular weight excluding hydrogens is 358 g/mol.